The van der Waals surface area contributed by atoms with Crippen LogP contribution in [-0.2, 0) is 20.9 Å². The van der Waals surface area contributed by atoms with Crippen LogP contribution in [0.5, 0.6) is 0 Å². The summed E-state index contributed by atoms with van der Waals surface area (Å²) >= 11 is 0. The van der Waals surface area contributed by atoms with Crippen LogP contribution in [0.3, 0.4) is 0 Å². The summed E-state index contributed by atoms with van der Waals surface area (Å²) in [4.78, 5) is 25.5. The Kier molecular flexibility index (Phi) is 7.92. The van der Waals surface area contributed by atoms with E-state index in [4.69, 9.17) is 9.47 Å². The lowest BCUT2D eigenvalue weighted by molar-refractivity contribution is -0.123. The number of hydrogen-bond acceptors (Lipinski definition) is 4. The lowest BCUT2D eigenvalue weighted by atomic mass is 10.1. The normalized spacial score (nSPS) is 12.5. The summed E-state index contributed by atoms with van der Waals surface area (Å²) in [6.45, 7) is 8.18. The Morgan fingerprint density at radius 3 is 2.38 bits per heavy atom. The molecule has 0 radical (unpaired) electrons. The molecule has 0 aliphatic heterocycles. The zero-order valence-corrected chi connectivity index (χ0v) is 15.4. The zero-order valence-electron chi connectivity index (χ0n) is 15.4. The number of Topliss-reactive ketones (excluding diaryl/α,β-unsaturated/α-hetero) is 1. The molecule has 5 heteroatoms. The molecule has 24 heavy (non-hydrogen) atoms. The third-order valence-electron chi connectivity index (χ3n) is 3.55. The monoisotopic (exact) mass is 335 g/mol. The highest BCUT2D eigenvalue weighted by Crippen LogP contribution is 2.12. The number of nitrogens with zero attached hydrogens (tertiary/aromatic N) is 1. The molecule has 1 unspecified atom stereocenters. The molecule has 0 spiro atoms. The van der Waals surface area contributed by atoms with E-state index in [1.807, 2.05) is 30.3 Å². The van der Waals surface area contributed by atoms with Crippen LogP contribution in [0.4, 0.5) is 4.79 Å². The van der Waals surface area contributed by atoms with Crippen molar-refractivity contribution in [2.45, 2.75) is 58.8 Å². The molecule has 1 amide bonds. The standard InChI is InChI=1S/C19H29NO4/c1-15(20(5)18(22)24-19(2,3)4)17(21)12-9-13-23-14-16-10-7-6-8-11-16/h6-8,10-11,15H,9,12-14H2,1-5H3. The van der Waals surface area contributed by atoms with Crippen LogP contribution in [0.25, 0.3) is 0 Å². The van der Waals surface area contributed by atoms with Gasteiger partial charge in [-0.15, -0.1) is 0 Å². The Bertz CT molecular complexity index is 522. The average molecular weight is 335 g/mol. The summed E-state index contributed by atoms with van der Waals surface area (Å²) in [7, 11) is 1.59. The average Bonchev–Trinajstić information content (AvgIpc) is 2.52. The Morgan fingerprint density at radius 2 is 1.79 bits per heavy atom. The van der Waals surface area contributed by atoms with Gasteiger partial charge in [0.05, 0.1) is 12.6 Å². The van der Waals surface area contributed by atoms with E-state index in [1.165, 1.54) is 4.90 Å². The number of amides is 1. The van der Waals surface area contributed by atoms with Crippen LogP contribution in [-0.4, -0.2) is 42.1 Å². The van der Waals surface area contributed by atoms with Crippen molar-refractivity contribution >= 4 is 11.9 Å². The highest BCUT2D eigenvalue weighted by molar-refractivity contribution is 5.86. The van der Waals surface area contributed by atoms with Crippen molar-refractivity contribution in [3.63, 3.8) is 0 Å². The molecule has 1 rings (SSSR count). The van der Waals surface area contributed by atoms with E-state index in [2.05, 4.69) is 0 Å². The van der Waals surface area contributed by atoms with Gasteiger partial charge in [-0.2, -0.15) is 0 Å². The smallest absolute Gasteiger partial charge is 0.410 e. The maximum Gasteiger partial charge on any atom is 0.410 e. The van der Waals surface area contributed by atoms with Gasteiger partial charge in [0.2, 0.25) is 0 Å². The van der Waals surface area contributed by atoms with Gasteiger partial charge in [0.25, 0.3) is 0 Å². The van der Waals surface area contributed by atoms with E-state index in [0.29, 0.717) is 26.1 Å². The molecule has 0 heterocycles. The first-order valence-electron chi connectivity index (χ1n) is 8.31. The van der Waals surface area contributed by atoms with E-state index in [1.54, 1.807) is 34.7 Å². The maximum atomic E-state index is 12.2. The Balaban J connectivity index is 2.27. The molecule has 0 aliphatic carbocycles. The molecule has 134 valence electrons. The molecule has 0 bridgehead atoms. The minimum Gasteiger partial charge on any atom is -0.444 e. The molecular weight excluding hydrogens is 306 g/mol. The lowest BCUT2D eigenvalue weighted by Crippen LogP contribution is -2.43. The SMILES string of the molecule is CC(C(=O)CCCOCc1ccccc1)N(C)C(=O)OC(C)(C)C. The summed E-state index contributed by atoms with van der Waals surface area (Å²) in [6.07, 6.45) is 0.532. The van der Waals surface area contributed by atoms with Crippen LogP contribution in [0, 0.1) is 0 Å². The summed E-state index contributed by atoms with van der Waals surface area (Å²) in [5.74, 6) is 0.00618. The molecular formula is C19H29NO4. The van der Waals surface area contributed by atoms with Crippen LogP contribution in [0.15, 0.2) is 30.3 Å². The fourth-order valence-electron chi connectivity index (χ4n) is 2.03. The molecule has 1 atom stereocenters. The maximum absolute atomic E-state index is 12.2. The largest absolute Gasteiger partial charge is 0.444 e. The van der Waals surface area contributed by atoms with Crippen molar-refractivity contribution in [1.29, 1.82) is 0 Å². The summed E-state index contributed by atoms with van der Waals surface area (Å²) in [5.41, 5.74) is 0.543. The highest BCUT2D eigenvalue weighted by Gasteiger charge is 2.26. The quantitative estimate of drug-likeness (QED) is 0.678. The molecule has 1 aromatic rings. The van der Waals surface area contributed by atoms with Crippen LogP contribution >= 0.6 is 0 Å². The van der Waals surface area contributed by atoms with Crippen LogP contribution in [0.1, 0.15) is 46.1 Å². The van der Waals surface area contributed by atoms with Gasteiger partial charge < -0.3 is 14.4 Å². The van der Waals surface area contributed by atoms with Gasteiger partial charge in [0.15, 0.2) is 5.78 Å². The predicted molar refractivity (Wildman–Crippen MR) is 93.8 cm³/mol. The minimum absolute atomic E-state index is 0.00618. The van der Waals surface area contributed by atoms with E-state index in [9.17, 15) is 9.59 Å². The van der Waals surface area contributed by atoms with Crippen molar-refractivity contribution in [3.8, 4) is 0 Å². The van der Waals surface area contributed by atoms with Gasteiger partial charge >= 0.3 is 6.09 Å². The second-order valence-corrected chi connectivity index (χ2v) is 6.88. The Hall–Kier alpha value is -1.88. The number of carbonyl (C=O) groups excluding carboxylic acids is 2. The summed E-state index contributed by atoms with van der Waals surface area (Å²) < 4.78 is 10.8. The first kappa shape index (κ1) is 20.2. The van der Waals surface area contributed by atoms with E-state index < -0.39 is 17.7 Å². The number of likely N-dealkylation sites (N-methyl/N-ethyl adjacent to an activating group) is 1. The fourth-order valence-corrected chi connectivity index (χ4v) is 2.03. The lowest BCUT2D eigenvalue weighted by Gasteiger charge is -2.28. The van der Waals surface area contributed by atoms with E-state index in [0.717, 1.165) is 5.56 Å². The summed E-state index contributed by atoms with van der Waals surface area (Å²) in [5, 5.41) is 0. The van der Waals surface area contributed by atoms with Crippen molar-refractivity contribution in [1.82, 2.24) is 4.90 Å². The summed E-state index contributed by atoms with van der Waals surface area (Å²) in [6, 6.07) is 9.40. The third-order valence-corrected chi connectivity index (χ3v) is 3.55. The molecule has 0 aromatic heterocycles. The number of ketones is 1. The zero-order chi connectivity index (χ0) is 18.2. The molecule has 5 nitrogen and oxygen atoms in total. The van der Waals surface area contributed by atoms with Crippen molar-refractivity contribution in [2.75, 3.05) is 13.7 Å². The number of benzene rings is 1. The number of carbonyl (C=O) groups is 2. The molecule has 0 saturated heterocycles. The van der Waals surface area contributed by atoms with Gasteiger partial charge in [-0.25, -0.2) is 4.79 Å². The number of hydrogen-bond donors (Lipinski definition) is 0. The second kappa shape index (κ2) is 9.42. The first-order chi connectivity index (χ1) is 11.2. The third kappa shape index (κ3) is 7.59. The molecule has 0 aliphatic rings. The Labute approximate surface area is 144 Å². The highest BCUT2D eigenvalue weighted by atomic mass is 16.6. The minimum atomic E-state index is -0.570. The fraction of sp³-hybridized carbons (Fsp3) is 0.579. The molecule has 0 N–H and O–H groups in total. The van der Waals surface area contributed by atoms with E-state index >= 15 is 0 Å². The first-order valence-corrected chi connectivity index (χ1v) is 8.31. The van der Waals surface area contributed by atoms with Gasteiger partial charge in [-0.05, 0) is 39.7 Å². The molecule has 0 saturated carbocycles. The van der Waals surface area contributed by atoms with E-state index in [-0.39, 0.29) is 5.78 Å². The number of rotatable bonds is 8. The van der Waals surface area contributed by atoms with Gasteiger partial charge in [-0.1, -0.05) is 30.3 Å². The van der Waals surface area contributed by atoms with Crippen molar-refractivity contribution in [3.05, 3.63) is 35.9 Å². The topological polar surface area (TPSA) is 55.8 Å². The molecule has 0 fully saturated rings. The molecule has 1 aromatic carbocycles. The Morgan fingerprint density at radius 1 is 1.17 bits per heavy atom. The van der Waals surface area contributed by atoms with Crippen LogP contribution < -0.4 is 0 Å². The predicted octanol–water partition coefficient (Wildman–Crippen LogP) is 3.81. The number of ether oxygens (including phenoxy) is 2. The van der Waals surface area contributed by atoms with Crippen LogP contribution in [0.2, 0.25) is 0 Å². The second-order valence-electron chi connectivity index (χ2n) is 6.88. The van der Waals surface area contributed by atoms with Gasteiger partial charge in [-0.3, -0.25) is 4.79 Å². The van der Waals surface area contributed by atoms with Crippen molar-refractivity contribution in [2.24, 2.45) is 0 Å². The van der Waals surface area contributed by atoms with Crippen molar-refractivity contribution < 1.29 is 19.1 Å². The van der Waals surface area contributed by atoms with Gasteiger partial charge in [0.1, 0.15) is 5.60 Å². The van der Waals surface area contributed by atoms with Gasteiger partial charge in [0, 0.05) is 20.1 Å².